The molecule has 2 fully saturated rings. The quantitative estimate of drug-likeness (QED) is 0.805. The van der Waals surface area contributed by atoms with Crippen molar-refractivity contribution in [1.82, 2.24) is 4.90 Å². The van der Waals surface area contributed by atoms with Gasteiger partial charge in [-0.1, -0.05) is 27.2 Å². The van der Waals surface area contributed by atoms with Gasteiger partial charge in [-0.05, 0) is 43.6 Å². The van der Waals surface area contributed by atoms with Gasteiger partial charge in [-0.3, -0.25) is 9.69 Å². The lowest BCUT2D eigenvalue weighted by Crippen LogP contribution is -2.51. The molecule has 0 spiro atoms. The van der Waals surface area contributed by atoms with Crippen LogP contribution < -0.4 is 0 Å². The Labute approximate surface area is 104 Å². The van der Waals surface area contributed by atoms with E-state index in [-0.39, 0.29) is 6.04 Å². The molecule has 2 rings (SSSR count). The molecule has 98 valence electrons. The molecule has 0 amide bonds. The molecule has 1 aliphatic heterocycles. The minimum Gasteiger partial charge on any atom is -0.480 e. The zero-order chi connectivity index (χ0) is 12.6. The molecule has 3 heteroatoms. The minimum atomic E-state index is -0.624. The Kier molecular flexibility index (Phi) is 3.48. The van der Waals surface area contributed by atoms with Gasteiger partial charge >= 0.3 is 5.97 Å². The number of carbonyl (C=O) groups is 1. The van der Waals surface area contributed by atoms with Crippen LogP contribution in [0.2, 0.25) is 0 Å². The van der Waals surface area contributed by atoms with Crippen LogP contribution in [0, 0.1) is 11.3 Å². The van der Waals surface area contributed by atoms with Crippen molar-refractivity contribution in [3.63, 3.8) is 0 Å². The van der Waals surface area contributed by atoms with Crippen molar-refractivity contribution in [2.45, 2.75) is 65.0 Å². The third-order valence-corrected chi connectivity index (χ3v) is 4.55. The summed E-state index contributed by atoms with van der Waals surface area (Å²) in [5.74, 6) is 0.00607. The van der Waals surface area contributed by atoms with Crippen LogP contribution in [-0.4, -0.2) is 34.6 Å². The van der Waals surface area contributed by atoms with E-state index in [1.165, 1.54) is 6.42 Å². The molecule has 17 heavy (non-hydrogen) atoms. The highest BCUT2D eigenvalue weighted by atomic mass is 16.4. The van der Waals surface area contributed by atoms with Crippen molar-refractivity contribution < 1.29 is 9.90 Å². The number of nitrogens with zero attached hydrogens (tertiary/aromatic N) is 1. The maximum absolute atomic E-state index is 11.3. The molecule has 2 aliphatic rings. The van der Waals surface area contributed by atoms with E-state index in [9.17, 15) is 9.90 Å². The van der Waals surface area contributed by atoms with Gasteiger partial charge in [-0.15, -0.1) is 0 Å². The summed E-state index contributed by atoms with van der Waals surface area (Å²) >= 11 is 0. The molecule has 0 aromatic rings. The maximum Gasteiger partial charge on any atom is 0.320 e. The lowest BCUT2D eigenvalue weighted by molar-refractivity contribution is -0.146. The average Bonchev–Trinajstić information content (AvgIpc) is 2.52. The van der Waals surface area contributed by atoms with Crippen molar-refractivity contribution in [3.05, 3.63) is 0 Å². The highest BCUT2D eigenvalue weighted by molar-refractivity contribution is 5.73. The Morgan fingerprint density at radius 2 is 2.00 bits per heavy atom. The van der Waals surface area contributed by atoms with E-state index in [4.69, 9.17) is 0 Å². The predicted octanol–water partition coefficient (Wildman–Crippen LogP) is 2.75. The molecule has 3 nitrogen and oxygen atoms in total. The summed E-state index contributed by atoms with van der Waals surface area (Å²) in [5.41, 5.74) is 0.380. The number of piperidine rings is 1. The van der Waals surface area contributed by atoms with Gasteiger partial charge in [-0.25, -0.2) is 0 Å². The van der Waals surface area contributed by atoms with Gasteiger partial charge in [0.1, 0.15) is 6.04 Å². The van der Waals surface area contributed by atoms with Gasteiger partial charge < -0.3 is 5.11 Å². The largest absolute Gasteiger partial charge is 0.480 e. The first-order chi connectivity index (χ1) is 7.91. The van der Waals surface area contributed by atoms with Gasteiger partial charge in [0.05, 0.1) is 0 Å². The first kappa shape index (κ1) is 12.9. The maximum atomic E-state index is 11.3. The fraction of sp³-hybridized carbons (Fsp3) is 0.929. The standard InChI is InChI=1S/C14H25NO2/c1-10-8-14(2,3)9-12(10)15-7-5-4-6-11(15)13(16)17/h10-12H,4-9H2,1-3H3,(H,16,17). The predicted molar refractivity (Wildman–Crippen MR) is 67.9 cm³/mol. The minimum absolute atomic E-state index is 0.231. The highest BCUT2D eigenvalue weighted by Crippen LogP contribution is 2.44. The monoisotopic (exact) mass is 239 g/mol. The Bertz CT molecular complexity index is 301. The van der Waals surface area contributed by atoms with E-state index in [2.05, 4.69) is 25.7 Å². The molecule has 1 saturated carbocycles. The number of rotatable bonds is 2. The molecule has 1 N–H and O–H groups in total. The van der Waals surface area contributed by atoms with Crippen LogP contribution in [0.15, 0.2) is 0 Å². The topological polar surface area (TPSA) is 40.5 Å². The van der Waals surface area contributed by atoms with Crippen LogP contribution in [0.25, 0.3) is 0 Å². The van der Waals surface area contributed by atoms with Crippen molar-refractivity contribution in [1.29, 1.82) is 0 Å². The van der Waals surface area contributed by atoms with Gasteiger partial charge in [0.25, 0.3) is 0 Å². The van der Waals surface area contributed by atoms with Crippen molar-refractivity contribution in [2.24, 2.45) is 11.3 Å². The summed E-state index contributed by atoms with van der Waals surface area (Å²) in [7, 11) is 0. The molecular formula is C14H25NO2. The van der Waals surface area contributed by atoms with Crippen LogP contribution in [0.3, 0.4) is 0 Å². The first-order valence-electron chi connectivity index (χ1n) is 6.89. The first-order valence-corrected chi connectivity index (χ1v) is 6.89. The molecule has 1 aliphatic carbocycles. The molecule has 3 atom stereocenters. The molecular weight excluding hydrogens is 214 g/mol. The van der Waals surface area contributed by atoms with Crippen LogP contribution >= 0.6 is 0 Å². The Morgan fingerprint density at radius 3 is 2.53 bits per heavy atom. The summed E-state index contributed by atoms with van der Waals surface area (Å²) in [5, 5.41) is 9.34. The Hall–Kier alpha value is -0.570. The molecule has 0 bridgehead atoms. The van der Waals surface area contributed by atoms with Crippen LogP contribution in [0.4, 0.5) is 0 Å². The summed E-state index contributed by atoms with van der Waals surface area (Å²) < 4.78 is 0. The summed E-state index contributed by atoms with van der Waals surface area (Å²) in [4.78, 5) is 13.6. The van der Waals surface area contributed by atoms with E-state index < -0.39 is 5.97 Å². The number of carboxylic acids is 1. The lowest BCUT2D eigenvalue weighted by Gasteiger charge is -2.39. The molecule has 3 unspecified atom stereocenters. The van der Waals surface area contributed by atoms with Crippen molar-refractivity contribution in [2.75, 3.05) is 6.54 Å². The third-order valence-electron chi connectivity index (χ3n) is 4.55. The van der Waals surface area contributed by atoms with Crippen LogP contribution in [0.1, 0.15) is 52.9 Å². The second kappa shape index (κ2) is 4.60. The van der Waals surface area contributed by atoms with Gasteiger partial charge in [0.2, 0.25) is 0 Å². The molecule has 0 aromatic carbocycles. The number of hydrogen-bond donors (Lipinski definition) is 1. The van der Waals surface area contributed by atoms with E-state index in [1.807, 2.05) is 0 Å². The fourth-order valence-corrected chi connectivity index (χ4v) is 3.92. The van der Waals surface area contributed by atoms with E-state index in [0.717, 1.165) is 32.2 Å². The van der Waals surface area contributed by atoms with E-state index >= 15 is 0 Å². The van der Waals surface area contributed by atoms with E-state index in [1.54, 1.807) is 0 Å². The average molecular weight is 239 g/mol. The van der Waals surface area contributed by atoms with Crippen LogP contribution in [-0.2, 0) is 4.79 Å². The molecule has 1 saturated heterocycles. The number of aliphatic carboxylic acids is 1. The Morgan fingerprint density at radius 1 is 1.29 bits per heavy atom. The SMILES string of the molecule is CC1CC(C)(C)CC1N1CCCCC1C(=O)O. The fourth-order valence-electron chi connectivity index (χ4n) is 3.92. The Balaban J connectivity index is 2.12. The summed E-state index contributed by atoms with van der Waals surface area (Å²) in [6, 6.07) is 0.247. The normalized spacial score (nSPS) is 38.2. The molecule has 1 heterocycles. The van der Waals surface area contributed by atoms with Gasteiger partial charge in [0.15, 0.2) is 0 Å². The highest BCUT2D eigenvalue weighted by Gasteiger charge is 2.43. The number of likely N-dealkylation sites (tertiary alicyclic amines) is 1. The second-order valence-electron chi connectivity index (χ2n) is 6.70. The van der Waals surface area contributed by atoms with E-state index in [0.29, 0.717) is 17.4 Å². The zero-order valence-corrected chi connectivity index (χ0v) is 11.3. The molecule has 0 radical (unpaired) electrons. The van der Waals surface area contributed by atoms with Gasteiger partial charge in [-0.2, -0.15) is 0 Å². The second-order valence-corrected chi connectivity index (χ2v) is 6.70. The van der Waals surface area contributed by atoms with Gasteiger partial charge in [0, 0.05) is 6.04 Å². The smallest absolute Gasteiger partial charge is 0.320 e. The van der Waals surface area contributed by atoms with Crippen molar-refractivity contribution >= 4 is 5.97 Å². The lowest BCUT2D eigenvalue weighted by atomic mass is 9.90. The summed E-state index contributed by atoms with van der Waals surface area (Å²) in [6.45, 7) is 7.88. The molecule has 0 aromatic heterocycles. The third kappa shape index (κ3) is 2.65. The number of carboxylic acid groups (broad SMARTS) is 1. The zero-order valence-electron chi connectivity index (χ0n) is 11.3. The summed E-state index contributed by atoms with van der Waals surface area (Å²) in [6.07, 6.45) is 5.43. The number of hydrogen-bond acceptors (Lipinski definition) is 2. The van der Waals surface area contributed by atoms with Crippen LogP contribution in [0.5, 0.6) is 0 Å². The van der Waals surface area contributed by atoms with Crippen molar-refractivity contribution in [3.8, 4) is 0 Å².